The summed E-state index contributed by atoms with van der Waals surface area (Å²) < 4.78 is 0. The summed E-state index contributed by atoms with van der Waals surface area (Å²) >= 11 is 8.30. The zero-order valence-corrected chi connectivity index (χ0v) is 18.7. The summed E-state index contributed by atoms with van der Waals surface area (Å²) in [7, 11) is 0. The molecule has 7 nitrogen and oxygen atoms in total. The molecule has 1 atom stereocenters. The van der Waals surface area contributed by atoms with Gasteiger partial charge in [0.15, 0.2) is 10.8 Å². The third-order valence-corrected chi connectivity index (χ3v) is 7.97. The fourth-order valence-electron chi connectivity index (χ4n) is 4.68. The molecule has 0 bridgehead atoms. The number of pyridine rings is 1. The first kappa shape index (κ1) is 19.4. The zero-order chi connectivity index (χ0) is 21.2. The molecule has 1 unspecified atom stereocenters. The van der Waals surface area contributed by atoms with Gasteiger partial charge in [0.1, 0.15) is 11.3 Å². The molecule has 0 radical (unpaired) electrons. The minimum Gasteiger partial charge on any atom is -0.354 e. The van der Waals surface area contributed by atoms with E-state index >= 15 is 0 Å². The van der Waals surface area contributed by atoms with Crippen molar-refractivity contribution >= 4 is 45.4 Å². The van der Waals surface area contributed by atoms with Crippen LogP contribution in [0.1, 0.15) is 37.4 Å². The second-order valence-corrected chi connectivity index (χ2v) is 10.0. The van der Waals surface area contributed by atoms with Gasteiger partial charge < -0.3 is 10.6 Å². The van der Waals surface area contributed by atoms with Crippen LogP contribution in [0, 0.1) is 5.41 Å². The molecule has 0 aromatic carbocycles. The van der Waals surface area contributed by atoms with E-state index in [0.29, 0.717) is 10.8 Å². The quantitative estimate of drug-likeness (QED) is 0.598. The van der Waals surface area contributed by atoms with Gasteiger partial charge in [0.25, 0.3) is 0 Å². The summed E-state index contributed by atoms with van der Waals surface area (Å²) in [6, 6.07) is 2.16. The number of halogens is 1. The van der Waals surface area contributed by atoms with Crippen LogP contribution in [0.5, 0.6) is 0 Å². The Morgan fingerprint density at radius 3 is 2.84 bits per heavy atom. The van der Waals surface area contributed by atoms with Crippen molar-refractivity contribution in [2.45, 2.75) is 48.7 Å². The fraction of sp³-hybridized carbons (Fsp3) is 0.409. The Labute approximate surface area is 189 Å². The van der Waals surface area contributed by atoms with E-state index in [-0.39, 0.29) is 11.5 Å². The predicted molar refractivity (Wildman–Crippen MR) is 122 cm³/mol. The number of anilines is 1. The van der Waals surface area contributed by atoms with Crippen molar-refractivity contribution in [3.8, 4) is 0 Å². The van der Waals surface area contributed by atoms with Gasteiger partial charge in [0, 0.05) is 54.5 Å². The average molecular weight is 452 g/mol. The van der Waals surface area contributed by atoms with Crippen LogP contribution in [0.2, 0.25) is 0 Å². The van der Waals surface area contributed by atoms with Crippen LogP contribution in [-0.2, 0) is 6.42 Å². The highest BCUT2D eigenvalue weighted by Crippen LogP contribution is 2.54. The smallest absolute Gasteiger partial charge is 0.194 e. The van der Waals surface area contributed by atoms with Gasteiger partial charge in [-0.2, -0.15) is 0 Å². The Kier molecular flexibility index (Phi) is 4.45. The third-order valence-electron chi connectivity index (χ3n) is 6.69. The number of aromatic nitrogens is 5. The highest BCUT2D eigenvalue weighted by atomic mass is 35.5. The van der Waals surface area contributed by atoms with E-state index in [1.165, 1.54) is 30.2 Å². The monoisotopic (exact) mass is 451 g/mol. The summed E-state index contributed by atoms with van der Waals surface area (Å²) in [5, 5.41) is 1.52. The highest BCUT2D eigenvalue weighted by Gasteiger charge is 2.54. The lowest BCUT2D eigenvalue weighted by atomic mass is 10.0. The molecule has 31 heavy (non-hydrogen) atoms. The minimum atomic E-state index is 0.187. The molecule has 3 aromatic rings. The van der Waals surface area contributed by atoms with Crippen LogP contribution in [0.3, 0.4) is 0 Å². The molecule has 2 aliphatic carbocycles. The Hall–Kier alpha value is -2.29. The summed E-state index contributed by atoms with van der Waals surface area (Å²) in [6.45, 7) is 3.89. The number of hydrogen-bond acceptors (Lipinski definition) is 8. The van der Waals surface area contributed by atoms with E-state index < -0.39 is 0 Å². The molecule has 3 aromatic heterocycles. The Morgan fingerprint density at radius 1 is 1.23 bits per heavy atom. The first-order valence-corrected chi connectivity index (χ1v) is 11.8. The van der Waals surface area contributed by atoms with Gasteiger partial charge >= 0.3 is 0 Å². The van der Waals surface area contributed by atoms with Gasteiger partial charge in [-0.3, -0.25) is 4.98 Å². The molecule has 3 aliphatic rings. The second-order valence-electron chi connectivity index (χ2n) is 8.62. The SMILES string of the molecule is CCC1=C(Cl)c2c(nc(Sc3cnc4nccnc4c3)nc2N2CC(N)C3(CC3)C2)C1. The molecule has 158 valence electrons. The molecule has 1 aliphatic heterocycles. The van der Waals surface area contributed by atoms with Gasteiger partial charge in [-0.05, 0) is 42.7 Å². The predicted octanol–water partition coefficient (Wildman–Crippen LogP) is 3.81. The van der Waals surface area contributed by atoms with Crippen molar-refractivity contribution in [1.29, 1.82) is 0 Å². The first-order chi connectivity index (χ1) is 15.1. The standard InChI is InChI=1S/C22H22ClN7S/c1-2-12-7-14-17(18(12)23)20(30-10-16(24)22(11-30)3-4-22)29-21(28-14)31-13-8-15-19(27-9-13)26-6-5-25-15/h5-6,8-9,16H,2-4,7,10-11,24H2,1H3. The molecule has 6 rings (SSSR count). The maximum absolute atomic E-state index is 6.80. The normalized spacial score (nSPS) is 21.4. The lowest BCUT2D eigenvalue weighted by Crippen LogP contribution is -2.30. The minimum absolute atomic E-state index is 0.187. The zero-order valence-electron chi connectivity index (χ0n) is 17.2. The molecule has 4 heterocycles. The summed E-state index contributed by atoms with van der Waals surface area (Å²) in [4.78, 5) is 26.2. The Bertz CT molecular complexity index is 1240. The maximum Gasteiger partial charge on any atom is 0.194 e. The van der Waals surface area contributed by atoms with Crippen molar-refractivity contribution in [2.75, 3.05) is 18.0 Å². The average Bonchev–Trinajstić information content (AvgIpc) is 3.39. The maximum atomic E-state index is 6.80. The topological polar surface area (TPSA) is 93.7 Å². The van der Waals surface area contributed by atoms with E-state index in [1.54, 1.807) is 18.6 Å². The van der Waals surface area contributed by atoms with Gasteiger partial charge in [0.05, 0.1) is 16.3 Å². The highest BCUT2D eigenvalue weighted by molar-refractivity contribution is 7.99. The van der Waals surface area contributed by atoms with Gasteiger partial charge in [-0.1, -0.05) is 18.5 Å². The van der Waals surface area contributed by atoms with E-state index in [0.717, 1.165) is 58.5 Å². The van der Waals surface area contributed by atoms with Crippen molar-refractivity contribution in [3.63, 3.8) is 0 Å². The van der Waals surface area contributed by atoms with E-state index in [1.807, 2.05) is 6.07 Å². The number of fused-ring (bicyclic) bond motifs is 2. The number of nitrogens with two attached hydrogens (primary N) is 1. The van der Waals surface area contributed by atoms with Crippen LogP contribution in [0.4, 0.5) is 5.82 Å². The van der Waals surface area contributed by atoms with Crippen LogP contribution in [0.25, 0.3) is 16.2 Å². The molecule has 1 saturated heterocycles. The third kappa shape index (κ3) is 3.20. The Balaban J connectivity index is 1.40. The molecule has 0 amide bonds. The summed E-state index contributed by atoms with van der Waals surface area (Å²) in [5.41, 5.74) is 11.4. The van der Waals surface area contributed by atoms with Crippen LogP contribution >= 0.6 is 23.4 Å². The van der Waals surface area contributed by atoms with Crippen molar-refractivity contribution in [2.24, 2.45) is 11.1 Å². The largest absolute Gasteiger partial charge is 0.354 e. The van der Waals surface area contributed by atoms with E-state index in [9.17, 15) is 0 Å². The Morgan fingerprint density at radius 2 is 2.06 bits per heavy atom. The lowest BCUT2D eigenvalue weighted by Gasteiger charge is -2.21. The molecule has 2 fully saturated rings. The van der Waals surface area contributed by atoms with Crippen LogP contribution in [-0.4, -0.2) is 44.1 Å². The van der Waals surface area contributed by atoms with Crippen molar-refractivity contribution in [1.82, 2.24) is 24.9 Å². The van der Waals surface area contributed by atoms with Gasteiger partial charge in [-0.15, -0.1) is 0 Å². The first-order valence-electron chi connectivity index (χ1n) is 10.6. The van der Waals surface area contributed by atoms with Crippen molar-refractivity contribution in [3.05, 3.63) is 41.5 Å². The molecule has 1 spiro atoms. The van der Waals surface area contributed by atoms with Gasteiger partial charge in [-0.25, -0.2) is 19.9 Å². The molecule has 2 N–H and O–H groups in total. The van der Waals surface area contributed by atoms with Crippen LogP contribution in [0.15, 0.2) is 40.3 Å². The molecular formula is C22H22ClN7S. The molecular weight excluding hydrogens is 430 g/mol. The fourth-order valence-corrected chi connectivity index (χ4v) is 5.85. The van der Waals surface area contributed by atoms with Gasteiger partial charge in [0.2, 0.25) is 0 Å². The van der Waals surface area contributed by atoms with Crippen molar-refractivity contribution < 1.29 is 0 Å². The van der Waals surface area contributed by atoms with Crippen LogP contribution < -0.4 is 10.6 Å². The number of hydrogen-bond donors (Lipinski definition) is 1. The lowest BCUT2D eigenvalue weighted by molar-refractivity contribution is 0.499. The molecule has 9 heteroatoms. The number of rotatable bonds is 4. The van der Waals surface area contributed by atoms with E-state index in [4.69, 9.17) is 27.3 Å². The number of nitrogens with zero attached hydrogens (tertiary/aromatic N) is 6. The second kappa shape index (κ2) is 7.12. The van der Waals surface area contributed by atoms with E-state index in [2.05, 4.69) is 26.8 Å². The molecule has 1 saturated carbocycles. The number of allylic oxidation sites excluding steroid dienone is 1. The summed E-state index contributed by atoms with van der Waals surface area (Å²) in [5.74, 6) is 0.925. The summed E-state index contributed by atoms with van der Waals surface area (Å²) in [6.07, 6.45) is 9.21.